The van der Waals surface area contributed by atoms with E-state index in [0.29, 0.717) is 18.5 Å². The number of carbonyl (C=O) groups excluding carboxylic acids is 3. The molecule has 4 nitrogen and oxygen atoms in total. The van der Waals surface area contributed by atoms with Gasteiger partial charge in [-0.15, -0.1) is 0 Å². The first-order valence-corrected chi connectivity index (χ1v) is 13.2. The van der Waals surface area contributed by atoms with E-state index in [1.54, 1.807) is 0 Å². The first kappa shape index (κ1) is 23.6. The van der Waals surface area contributed by atoms with Crippen molar-refractivity contribution in [3.63, 3.8) is 0 Å². The van der Waals surface area contributed by atoms with Crippen molar-refractivity contribution >= 4 is 34.4 Å². The zero-order chi connectivity index (χ0) is 26.1. The number of ketones is 1. The zero-order valence-electron chi connectivity index (χ0n) is 21.7. The van der Waals surface area contributed by atoms with Crippen molar-refractivity contribution in [2.75, 3.05) is 4.90 Å². The van der Waals surface area contributed by atoms with Crippen molar-refractivity contribution < 1.29 is 14.4 Å². The van der Waals surface area contributed by atoms with E-state index in [1.807, 2.05) is 107 Å². The van der Waals surface area contributed by atoms with Crippen molar-refractivity contribution in [3.8, 4) is 0 Å². The van der Waals surface area contributed by atoms with Crippen molar-refractivity contribution in [1.82, 2.24) is 0 Å². The zero-order valence-corrected chi connectivity index (χ0v) is 21.7. The van der Waals surface area contributed by atoms with Gasteiger partial charge in [-0.3, -0.25) is 14.4 Å². The van der Waals surface area contributed by atoms with Gasteiger partial charge in [-0.05, 0) is 72.2 Å². The standard InChI is InChI=1S/C33H31NO3/c1-5-32-25(22-13-9-7-10-14-22)26(23-15-11-8-12-16-23)33(6-2,31(32)37)28-27(32)29(35)34(30(28)36)24-18-20(3)17-21(4)19-24/h7-19,27-28H,5-6H2,1-4H3/t27-,28-,32-,33-/m0/s1. The maximum Gasteiger partial charge on any atom is 0.239 e. The van der Waals surface area contributed by atoms with Crippen molar-refractivity contribution in [1.29, 1.82) is 0 Å². The van der Waals surface area contributed by atoms with E-state index in [4.69, 9.17) is 0 Å². The molecule has 3 aromatic carbocycles. The van der Waals surface area contributed by atoms with E-state index in [2.05, 4.69) is 0 Å². The number of hydrogen-bond acceptors (Lipinski definition) is 3. The summed E-state index contributed by atoms with van der Waals surface area (Å²) in [5, 5.41) is 0. The van der Waals surface area contributed by atoms with Crippen LogP contribution >= 0.6 is 0 Å². The van der Waals surface area contributed by atoms with E-state index in [1.165, 1.54) is 4.90 Å². The number of aryl methyl sites for hydroxylation is 2. The molecule has 2 bridgehead atoms. The molecule has 0 aromatic heterocycles. The molecule has 3 aromatic rings. The molecule has 6 rings (SSSR count). The summed E-state index contributed by atoms with van der Waals surface area (Å²) in [6.45, 7) is 7.93. The number of anilines is 1. The number of fused-ring (bicyclic) bond motifs is 5. The molecule has 4 atom stereocenters. The fourth-order valence-corrected chi connectivity index (χ4v) is 7.79. The van der Waals surface area contributed by atoms with Gasteiger partial charge in [-0.1, -0.05) is 80.6 Å². The molecule has 0 unspecified atom stereocenters. The lowest BCUT2D eigenvalue weighted by atomic mass is 9.60. The lowest BCUT2D eigenvalue weighted by Crippen LogP contribution is -2.41. The minimum Gasteiger partial charge on any atom is -0.298 e. The van der Waals surface area contributed by atoms with Gasteiger partial charge in [0.2, 0.25) is 11.8 Å². The summed E-state index contributed by atoms with van der Waals surface area (Å²) in [5.41, 5.74) is 4.27. The minimum absolute atomic E-state index is 0.0412. The normalized spacial score (nSPS) is 28.4. The summed E-state index contributed by atoms with van der Waals surface area (Å²) >= 11 is 0. The van der Waals surface area contributed by atoms with Crippen LogP contribution in [0.2, 0.25) is 0 Å². The van der Waals surface area contributed by atoms with Gasteiger partial charge in [0.25, 0.3) is 0 Å². The number of benzene rings is 3. The first-order valence-electron chi connectivity index (χ1n) is 13.2. The number of amides is 2. The van der Waals surface area contributed by atoms with Crippen LogP contribution < -0.4 is 4.90 Å². The molecule has 4 heteroatoms. The summed E-state index contributed by atoms with van der Waals surface area (Å²) in [5.74, 6) is -1.86. The molecular formula is C33H31NO3. The van der Waals surface area contributed by atoms with Crippen LogP contribution in [0.4, 0.5) is 5.69 Å². The Kier molecular flexibility index (Phi) is 5.17. The van der Waals surface area contributed by atoms with E-state index < -0.39 is 22.7 Å². The van der Waals surface area contributed by atoms with Gasteiger partial charge >= 0.3 is 0 Å². The molecule has 0 radical (unpaired) electrons. The van der Waals surface area contributed by atoms with Crippen molar-refractivity contribution in [2.24, 2.45) is 22.7 Å². The van der Waals surface area contributed by atoms with Crippen molar-refractivity contribution in [3.05, 3.63) is 101 Å². The Hall–Kier alpha value is -3.79. The number of rotatable bonds is 5. The lowest BCUT2D eigenvalue weighted by Gasteiger charge is -2.38. The third-order valence-corrected chi connectivity index (χ3v) is 9.03. The molecular weight excluding hydrogens is 458 g/mol. The molecule has 1 heterocycles. The van der Waals surface area contributed by atoms with E-state index in [9.17, 15) is 14.4 Å². The predicted molar refractivity (Wildman–Crippen MR) is 146 cm³/mol. The highest BCUT2D eigenvalue weighted by molar-refractivity contribution is 6.34. The Balaban J connectivity index is 1.67. The average Bonchev–Trinajstić information content (AvgIpc) is 3.40. The van der Waals surface area contributed by atoms with Gasteiger partial charge < -0.3 is 0 Å². The lowest BCUT2D eigenvalue weighted by molar-refractivity contribution is -0.134. The second kappa shape index (κ2) is 8.11. The molecule has 1 saturated carbocycles. The molecule has 1 saturated heterocycles. The summed E-state index contributed by atoms with van der Waals surface area (Å²) in [7, 11) is 0. The number of allylic oxidation sites excluding steroid dienone is 2. The van der Waals surface area contributed by atoms with Crippen LogP contribution in [0.3, 0.4) is 0 Å². The molecule has 2 fully saturated rings. The smallest absolute Gasteiger partial charge is 0.239 e. The van der Waals surface area contributed by atoms with Gasteiger partial charge in [0.1, 0.15) is 0 Å². The summed E-state index contributed by atoms with van der Waals surface area (Å²) in [6.07, 6.45) is 0.935. The van der Waals surface area contributed by atoms with Crippen LogP contribution in [0.1, 0.15) is 48.9 Å². The topological polar surface area (TPSA) is 54.5 Å². The highest BCUT2D eigenvalue weighted by Crippen LogP contribution is 2.75. The van der Waals surface area contributed by atoms with Crippen LogP contribution in [0.25, 0.3) is 11.1 Å². The Morgan fingerprint density at radius 2 is 1.05 bits per heavy atom. The molecule has 2 amide bonds. The minimum atomic E-state index is -1.05. The summed E-state index contributed by atoms with van der Waals surface area (Å²) in [6, 6.07) is 25.8. The monoisotopic (exact) mass is 489 g/mol. The number of imide groups is 1. The van der Waals surface area contributed by atoms with E-state index in [-0.39, 0.29) is 17.6 Å². The Labute approximate surface area is 218 Å². The van der Waals surface area contributed by atoms with Gasteiger partial charge in [-0.2, -0.15) is 0 Å². The van der Waals surface area contributed by atoms with Gasteiger partial charge in [0.15, 0.2) is 5.78 Å². The third-order valence-electron chi connectivity index (χ3n) is 9.03. The van der Waals surface area contributed by atoms with Gasteiger partial charge in [-0.25, -0.2) is 4.90 Å². The number of carbonyl (C=O) groups is 3. The Morgan fingerprint density at radius 3 is 1.43 bits per heavy atom. The summed E-state index contributed by atoms with van der Waals surface area (Å²) < 4.78 is 0. The highest BCUT2D eigenvalue weighted by atomic mass is 16.2. The molecule has 3 aliphatic rings. The maximum absolute atomic E-state index is 14.7. The Morgan fingerprint density at radius 1 is 0.649 bits per heavy atom. The number of hydrogen-bond donors (Lipinski definition) is 0. The first-order chi connectivity index (χ1) is 17.8. The van der Waals surface area contributed by atoms with E-state index >= 15 is 0 Å². The van der Waals surface area contributed by atoms with Crippen LogP contribution in [-0.2, 0) is 14.4 Å². The maximum atomic E-state index is 14.7. The van der Waals surface area contributed by atoms with E-state index in [0.717, 1.165) is 33.4 Å². The molecule has 0 spiro atoms. The summed E-state index contributed by atoms with van der Waals surface area (Å²) in [4.78, 5) is 44.8. The largest absolute Gasteiger partial charge is 0.298 e. The highest BCUT2D eigenvalue weighted by Gasteiger charge is 2.80. The Bertz CT molecular complexity index is 1380. The average molecular weight is 490 g/mol. The number of nitrogens with zero attached hydrogens (tertiary/aromatic N) is 1. The molecule has 1 aliphatic heterocycles. The third kappa shape index (κ3) is 2.81. The SMILES string of the molecule is CC[C@]12C(=O)[C@@](CC)(C(c3ccccc3)=C1c1ccccc1)[C@@H]1C(=O)N(c3cc(C)cc(C)c3)C(=O)[C@H]12. The quantitative estimate of drug-likeness (QED) is 0.389. The second-order valence-corrected chi connectivity index (χ2v) is 10.8. The van der Waals surface area contributed by atoms with Crippen LogP contribution in [0.5, 0.6) is 0 Å². The fraction of sp³-hybridized carbons (Fsp3) is 0.303. The van der Waals surface area contributed by atoms with Gasteiger partial charge in [0.05, 0.1) is 28.4 Å². The number of Topliss-reactive ketones (excluding diaryl/α,β-unsaturated/α-hetero) is 1. The van der Waals surface area contributed by atoms with Crippen LogP contribution in [-0.4, -0.2) is 17.6 Å². The molecule has 37 heavy (non-hydrogen) atoms. The second-order valence-electron chi connectivity index (χ2n) is 10.8. The van der Waals surface area contributed by atoms with Gasteiger partial charge in [0, 0.05) is 0 Å². The fourth-order valence-electron chi connectivity index (χ4n) is 7.79. The van der Waals surface area contributed by atoms with Crippen molar-refractivity contribution in [2.45, 2.75) is 40.5 Å². The molecule has 186 valence electrons. The predicted octanol–water partition coefficient (Wildman–Crippen LogP) is 6.41. The molecule has 2 aliphatic carbocycles. The van der Waals surface area contributed by atoms with Crippen LogP contribution in [0, 0.1) is 36.5 Å². The van der Waals surface area contributed by atoms with Crippen LogP contribution in [0.15, 0.2) is 78.9 Å². The molecule has 0 N–H and O–H groups in total.